The van der Waals surface area contributed by atoms with Crippen molar-refractivity contribution in [3.05, 3.63) is 35.9 Å². The molecule has 21 heavy (non-hydrogen) atoms. The lowest BCUT2D eigenvalue weighted by atomic mass is 9.64. The second-order valence-corrected chi connectivity index (χ2v) is 6.72. The molecule has 0 aromatic heterocycles. The van der Waals surface area contributed by atoms with E-state index < -0.39 is 0 Å². The third-order valence-electron chi connectivity index (χ3n) is 5.14. The number of rotatable bonds is 6. The molecule has 2 rings (SSSR count). The van der Waals surface area contributed by atoms with Crippen molar-refractivity contribution in [3.63, 3.8) is 0 Å². The second kappa shape index (κ2) is 7.63. The highest BCUT2D eigenvalue weighted by atomic mass is 16.5. The molecular weight excluding hydrogens is 260 g/mol. The molecule has 2 nitrogen and oxygen atoms in total. The molecule has 0 atom stereocenters. The Morgan fingerprint density at radius 3 is 2.43 bits per heavy atom. The highest BCUT2D eigenvalue weighted by Crippen LogP contribution is 2.46. The van der Waals surface area contributed by atoms with Crippen LogP contribution >= 0.6 is 0 Å². The first-order chi connectivity index (χ1) is 10.1. The van der Waals surface area contributed by atoms with Crippen LogP contribution in [0.4, 0.5) is 0 Å². The topological polar surface area (TPSA) is 26.3 Å². The maximum Gasteiger partial charge on any atom is 0.306 e. The zero-order chi connectivity index (χ0) is 15.1. The molecule has 0 spiro atoms. The molecule has 0 amide bonds. The van der Waals surface area contributed by atoms with Gasteiger partial charge < -0.3 is 4.74 Å². The molecule has 1 aliphatic rings. The molecule has 1 saturated carbocycles. The van der Waals surface area contributed by atoms with Crippen molar-refractivity contribution in [3.8, 4) is 0 Å². The summed E-state index contributed by atoms with van der Waals surface area (Å²) in [6.45, 7) is 5.01. The summed E-state index contributed by atoms with van der Waals surface area (Å²) in [6.07, 6.45) is 8.08. The summed E-state index contributed by atoms with van der Waals surface area (Å²) in [5.74, 6) is 0.601. The molecule has 0 saturated heterocycles. The molecule has 0 unspecified atom stereocenters. The van der Waals surface area contributed by atoms with Crippen LogP contribution in [0.3, 0.4) is 0 Å². The number of benzene rings is 1. The predicted molar refractivity (Wildman–Crippen MR) is 85.8 cm³/mol. The van der Waals surface area contributed by atoms with Gasteiger partial charge in [0, 0.05) is 6.42 Å². The van der Waals surface area contributed by atoms with Gasteiger partial charge in [-0.3, -0.25) is 4.79 Å². The van der Waals surface area contributed by atoms with Crippen molar-refractivity contribution in [2.24, 2.45) is 11.3 Å². The summed E-state index contributed by atoms with van der Waals surface area (Å²) in [7, 11) is 0. The van der Waals surface area contributed by atoms with Gasteiger partial charge in [-0.05, 0) is 36.2 Å². The van der Waals surface area contributed by atoms with Crippen LogP contribution in [-0.4, -0.2) is 5.97 Å². The van der Waals surface area contributed by atoms with E-state index in [0.717, 1.165) is 12.0 Å². The van der Waals surface area contributed by atoms with Gasteiger partial charge in [-0.1, -0.05) is 63.4 Å². The molecule has 0 N–H and O–H groups in total. The van der Waals surface area contributed by atoms with Gasteiger partial charge in [0.15, 0.2) is 0 Å². The first-order valence-corrected chi connectivity index (χ1v) is 8.32. The van der Waals surface area contributed by atoms with Crippen LogP contribution in [0.1, 0.15) is 64.4 Å². The van der Waals surface area contributed by atoms with E-state index in [1.165, 1.54) is 32.1 Å². The smallest absolute Gasteiger partial charge is 0.306 e. The van der Waals surface area contributed by atoms with E-state index in [2.05, 4.69) is 13.8 Å². The number of hydrogen-bond donors (Lipinski definition) is 0. The van der Waals surface area contributed by atoms with Crippen LogP contribution in [0.25, 0.3) is 0 Å². The van der Waals surface area contributed by atoms with Crippen LogP contribution in [0.2, 0.25) is 0 Å². The lowest BCUT2D eigenvalue weighted by Gasteiger charge is -2.41. The minimum Gasteiger partial charge on any atom is -0.461 e. The summed E-state index contributed by atoms with van der Waals surface area (Å²) in [5.41, 5.74) is 1.42. The number of esters is 1. The van der Waals surface area contributed by atoms with Gasteiger partial charge in [0.1, 0.15) is 6.61 Å². The monoisotopic (exact) mass is 288 g/mol. The molecule has 116 valence electrons. The van der Waals surface area contributed by atoms with Crippen molar-refractivity contribution >= 4 is 5.97 Å². The number of carbonyl (C=O) groups is 1. The predicted octanol–water partition coefficient (Wildman–Crippen LogP) is 5.12. The number of carbonyl (C=O) groups excluding carboxylic acids is 1. The Bertz CT molecular complexity index is 430. The maximum absolute atomic E-state index is 12.0. The first-order valence-electron chi connectivity index (χ1n) is 8.32. The molecule has 1 fully saturated rings. The standard InChI is InChI=1S/C19H28O2/c1-16(2)19(12-7-4-8-13-19)14-11-18(20)21-15-17-9-5-3-6-10-17/h3,5-6,9-10,16H,4,7-8,11-15H2,1-2H3. The average molecular weight is 288 g/mol. The van der Waals surface area contributed by atoms with Gasteiger partial charge in [-0.15, -0.1) is 0 Å². The van der Waals surface area contributed by atoms with Crippen molar-refractivity contribution in [2.75, 3.05) is 0 Å². The average Bonchev–Trinajstić information content (AvgIpc) is 2.52. The summed E-state index contributed by atoms with van der Waals surface area (Å²) >= 11 is 0. The van der Waals surface area contributed by atoms with E-state index in [0.29, 0.717) is 24.4 Å². The van der Waals surface area contributed by atoms with E-state index in [-0.39, 0.29) is 5.97 Å². The van der Waals surface area contributed by atoms with Crippen molar-refractivity contribution in [1.82, 2.24) is 0 Å². The normalized spacial score (nSPS) is 17.7. The fraction of sp³-hybridized carbons (Fsp3) is 0.632. The molecule has 0 radical (unpaired) electrons. The molecule has 1 aromatic carbocycles. The lowest BCUT2D eigenvalue weighted by molar-refractivity contribution is -0.146. The first kappa shape index (κ1) is 16.1. The van der Waals surface area contributed by atoms with Gasteiger partial charge in [0.2, 0.25) is 0 Å². The van der Waals surface area contributed by atoms with Gasteiger partial charge >= 0.3 is 5.97 Å². The zero-order valence-electron chi connectivity index (χ0n) is 13.4. The minimum absolute atomic E-state index is 0.0514. The van der Waals surface area contributed by atoms with Gasteiger partial charge in [0.25, 0.3) is 0 Å². The highest BCUT2D eigenvalue weighted by Gasteiger charge is 2.35. The summed E-state index contributed by atoms with van der Waals surface area (Å²) in [6, 6.07) is 9.90. The Hall–Kier alpha value is -1.31. The fourth-order valence-electron chi connectivity index (χ4n) is 3.53. The highest BCUT2D eigenvalue weighted by molar-refractivity contribution is 5.69. The van der Waals surface area contributed by atoms with Crippen LogP contribution < -0.4 is 0 Å². The van der Waals surface area contributed by atoms with E-state index in [4.69, 9.17) is 4.74 Å². The third-order valence-corrected chi connectivity index (χ3v) is 5.14. The van der Waals surface area contributed by atoms with Crippen LogP contribution in [0, 0.1) is 11.3 Å². The number of hydrogen-bond acceptors (Lipinski definition) is 2. The van der Waals surface area contributed by atoms with Gasteiger partial charge in [-0.2, -0.15) is 0 Å². The van der Waals surface area contributed by atoms with E-state index in [9.17, 15) is 4.79 Å². The number of ether oxygens (including phenoxy) is 1. The van der Waals surface area contributed by atoms with Crippen LogP contribution in [0.15, 0.2) is 30.3 Å². The molecule has 1 aliphatic carbocycles. The van der Waals surface area contributed by atoms with Crippen molar-refractivity contribution in [1.29, 1.82) is 0 Å². The minimum atomic E-state index is -0.0514. The molecule has 0 aliphatic heterocycles. The Kier molecular flexibility index (Phi) is 5.84. The largest absolute Gasteiger partial charge is 0.461 e. The quantitative estimate of drug-likeness (QED) is 0.679. The van der Waals surface area contributed by atoms with Crippen molar-refractivity contribution < 1.29 is 9.53 Å². The SMILES string of the molecule is CC(C)C1(CCC(=O)OCc2ccccc2)CCCCC1. The zero-order valence-corrected chi connectivity index (χ0v) is 13.4. The maximum atomic E-state index is 12.0. The second-order valence-electron chi connectivity index (χ2n) is 6.72. The van der Waals surface area contributed by atoms with Crippen molar-refractivity contribution in [2.45, 2.75) is 65.4 Å². The van der Waals surface area contributed by atoms with E-state index in [1.54, 1.807) is 0 Å². The molecular formula is C19H28O2. The van der Waals surface area contributed by atoms with Gasteiger partial charge in [0.05, 0.1) is 0 Å². The third kappa shape index (κ3) is 4.59. The van der Waals surface area contributed by atoms with Crippen LogP contribution in [-0.2, 0) is 16.1 Å². The Balaban J connectivity index is 1.79. The van der Waals surface area contributed by atoms with Crippen LogP contribution in [0.5, 0.6) is 0 Å². The fourth-order valence-corrected chi connectivity index (χ4v) is 3.53. The van der Waals surface area contributed by atoms with E-state index in [1.807, 2.05) is 30.3 Å². The molecule has 0 bridgehead atoms. The van der Waals surface area contributed by atoms with Gasteiger partial charge in [-0.25, -0.2) is 0 Å². The summed E-state index contributed by atoms with van der Waals surface area (Å²) < 4.78 is 5.40. The lowest BCUT2D eigenvalue weighted by Crippen LogP contribution is -2.30. The summed E-state index contributed by atoms with van der Waals surface area (Å²) in [5, 5.41) is 0. The molecule has 1 aromatic rings. The molecule has 0 heterocycles. The Labute approximate surface area is 128 Å². The Morgan fingerprint density at radius 2 is 1.81 bits per heavy atom. The van der Waals surface area contributed by atoms with E-state index >= 15 is 0 Å². The summed E-state index contributed by atoms with van der Waals surface area (Å²) in [4.78, 5) is 12.0. The Morgan fingerprint density at radius 1 is 1.14 bits per heavy atom. The molecule has 2 heteroatoms.